The highest BCUT2D eigenvalue weighted by atomic mass is 32.2. The lowest BCUT2D eigenvalue weighted by Crippen LogP contribution is -2.45. The lowest BCUT2D eigenvalue weighted by molar-refractivity contribution is -0.133. The Morgan fingerprint density at radius 1 is 1.32 bits per heavy atom. The second-order valence-electron chi connectivity index (χ2n) is 6.92. The molecule has 0 saturated heterocycles. The maximum atomic E-state index is 13.0. The molecule has 0 aliphatic rings. The van der Waals surface area contributed by atoms with Crippen LogP contribution < -0.4 is 5.56 Å². The Morgan fingerprint density at radius 3 is 2.61 bits per heavy atom. The third-order valence-electron chi connectivity index (χ3n) is 5.11. The molecule has 0 radical (unpaired) electrons. The predicted molar refractivity (Wildman–Crippen MR) is 118 cm³/mol. The summed E-state index contributed by atoms with van der Waals surface area (Å²) in [6, 6.07) is 0.219. The van der Waals surface area contributed by atoms with Crippen LogP contribution in [0, 0.1) is 13.8 Å². The van der Waals surface area contributed by atoms with Crippen molar-refractivity contribution in [3.63, 3.8) is 0 Å². The zero-order valence-electron chi connectivity index (χ0n) is 17.6. The molecule has 1 unspecified atom stereocenters. The summed E-state index contributed by atoms with van der Waals surface area (Å²) in [7, 11) is 1.65. The topological polar surface area (TPSA) is 75.3 Å². The zero-order valence-corrected chi connectivity index (χ0v) is 19.3. The van der Waals surface area contributed by atoms with Gasteiger partial charge in [0.2, 0.25) is 5.91 Å². The molecule has 0 spiro atoms. The first-order valence-electron chi connectivity index (χ1n) is 9.73. The first-order chi connectivity index (χ1) is 13.3. The largest absolute Gasteiger partial charge is 0.383 e. The maximum absolute atomic E-state index is 13.0. The number of H-pyrrole nitrogens is 1. The van der Waals surface area contributed by atoms with Crippen molar-refractivity contribution in [3.8, 4) is 0 Å². The minimum Gasteiger partial charge on any atom is -0.383 e. The summed E-state index contributed by atoms with van der Waals surface area (Å²) in [6.45, 7) is 11.2. The number of aromatic amines is 1. The Morgan fingerprint density at radius 2 is 2.00 bits per heavy atom. The van der Waals surface area contributed by atoms with Crippen LogP contribution in [0.15, 0.2) is 4.79 Å². The van der Waals surface area contributed by atoms with E-state index in [1.165, 1.54) is 11.8 Å². The number of thiophene rings is 1. The van der Waals surface area contributed by atoms with Gasteiger partial charge in [0.1, 0.15) is 10.7 Å². The number of amides is 1. The van der Waals surface area contributed by atoms with Gasteiger partial charge in [-0.3, -0.25) is 9.59 Å². The molecule has 0 bridgehead atoms. The molecule has 2 rings (SSSR count). The van der Waals surface area contributed by atoms with Gasteiger partial charge in [0, 0.05) is 24.6 Å². The highest BCUT2D eigenvalue weighted by Gasteiger charge is 2.26. The average molecular weight is 426 g/mol. The maximum Gasteiger partial charge on any atom is 0.259 e. The minimum absolute atomic E-state index is 0.0971. The van der Waals surface area contributed by atoms with E-state index in [1.807, 2.05) is 25.7 Å². The van der Waals surface area contributed by atoms with Crippen LogP contribution in [0.25, 0.3) is 10.2 Å². The number of ether oxygens (including phenoxy) is 1. The first kappa shape index (κ1) is 22.9. The Balaban J connectivity index is 2.11. The molecule has 8 heteroatoms. The van der Waals surface area contributed by atoms with Gasteiger partial charge in [-0.2, -0.15) is 0 Å². The SMILES string of the molecule is CCC(CC)N(CCOC)C(=O)C(C)SCc1nc2sc(C)c(C)c2c(=O)[nH]1. The minimum atomic E-state index is -0.217. The smallest absolute Gasteiger partial charge is 0.259 e. The number of thioether (sulfide) groups is 1. The van der Waals surface area contributed by atoms with Crippen LogP contribution in [0.4, 0.5) is 0 Å². The van der Waals surface area contributed by atoms with E-state index in [9.17, 15) is 9.59 Å². The van der Waals surface area contributed by atoms with Crippen molar-refractivity contribution in [2.24, 2.45) is 0 Å². The number of nitrogens with one attached hydrogen (secondary N) is 1. The fraction of sp³-hybridized carbons (Fsp3) is 0.650. The highest BCUT2D eigenvalue weighted by molar-refractivity contribution is 7.99. The molecule has 6 nitrogen and oxygen atoms in total. The summed E-state index contributed by atoms with van der Waals surface area (Å²) < 4.78 is 5.19. The zero-order chi connectivity index (χ0) is 20.8. The Hall–Kier alpha value is -1.38. The molecule has 28 heavy (non-hydrogen) atoms. The molecule has 2 aromatic rings. The van der Waals surface area contributed by atoms with Gasteiger partial charge in [0.25, 0.3) is 5.56 Å². The second kappa shape index (κ2) is 10.4. The van der Waals surface area contributed by atoms with E-state index >= 15 is 0 Å². The van der Waals surface area contributed by atoms with E-state index in [2.05, 4.69) is 23.8 Å². The highest BCUT2D eigenvalue weighted by Crippen LogP contribution is 2.27. The molecule has 0 saturated carbocycles. The summed E-state index contributed by atoms with van der Waals surface area (Å²) in [6.07, 6.45) is 1.85. The van der Waals surface area contributed by atoms with Crippen molar-refractivity contribution < 1.29 is 9.53 Å². The Kier molecular flexibility index (Phi) is 8.52. The summed E-state index contributed by atoms with van der Waals surface area (Å²) in [5, 5.41) is 0.463. The third-order valence-corrected chi connectivity index (χ3v) is 7.35. The summed E-state index contributed by atoms with van der Waals surface area (Å²) in [5.41, 5.74) is 0.899. The molecule has 0 aliphatic carbocycles. The fourth-order valence-corrected chi connectivity index (χ4v) is 5.14. The number of rotatable bonds is 10. The number of carbonyl (C=O) groups is 1. The number of carbonyl (C=O) groups excluding carboxylic acids is 1. The molecule has 2 aromatic heterocycles. The van der Waals surface area contributed by atoms with Crippen molar-refractivity contribution in [2.75, 3.05) is 20.3 Å². The van der Waals surface area contributed by atoms with E-state index in [0.717, 1.165) is 28.1 Å². The van der Waals surface area contributed by atoms with Crippen molar-refractivity contribution in [1.82, 2.24) is 14.9 Å². The van der Waals surface area contributed by atoms with Crippen LogP contribution in [0.2, 0.25) is 0 Å². The quantitative estimate of drug-likeness (QED) is 0.625. The normalized spacial score (nSPS) is 12.7. The fourth-order valence-electron chi connectivity index (χ4n) is 3.27. The van der Waals surface area contributed by atoms with Crippen LogP contribution in [0.3, 0.4) is 0 Å². The molecule has 1 amide bonds. The molecule has 1 atom stereocenters. The van der Waals surface area contributed by atoms with E-state index in [1.54, 1.807) is 18.4 Å². The summed E-state index contributed by atoms with van der Waals surface area (Å²) >= 11 is 3.05. The van der Waals surface area contributed by atoms with Gasteiger partial charge >= 0.3 is 0 Å². The van der Waals surface area contributed by atoms with Crippen LogP contribution in [0.1, 0.15) is 49.9 Å². The number of nitrogens with zero attached hydrogens (tertiary/aromatic N) is 2. The predicted octanol–water partition coefficient (Wildman–Crippen LogP) is 3.89. The number of aromatic nitrogens is 2. The molecule has 1 N–H and O–H groups in total. The van der Waals surface area contributed by atoms with Crippen molar-refractivity contribution in [1.29, 1.82) is 0 Å². The second-order valence-corrected chi connectivity index (χ2v) is 9.46. The van der Waals surface area contributed by atoms with Crippen LogP contribution in [-0.2, 0) is 15.3 Å². The van der Waals surface area contributed by atoms with Crippen LogP contribution in [0.5, 0.6) is 0 Å². The number of aryl methyl sites for hydroxylation is 2. The van der Waals surface area contributed by atoms with Gasteiger partial charge in [0.05, 0.1) is 23.0 Å². The average Bonchev–Trinajstić information content (AvgIpc) is 2.96. The summed E-state index contributed by atoms with van der Waals surface area (Å²) in [4.78, 5) is 36.7. The molecule has 0 aliphatic heterocycles. The molecule has 156 valence electrons. The van der Waals surface area contributed by atoms with E-state index in [0.29, 0.717) is 30.1 Å². The number of hydrogen-bond donors (Lipinski definition) is 1. The first-order valence-corrected chi connectivity index (χ1v) is 11.6. The van der Waals surface area contributed by atoms with Gasteiger partial charge in [-0.05, 0) is 39.2 Å². The van der Waals surface area contributed by atoms with Crippen molar-refractivity contribution in [3.05, 3.63) is 26.6 Å². The van der Waals surface area contributed by atoms with E-state index in [4.69, 9.17) is 4.74 Å². The standard InChI is InChI=1S/C20H31N3O3S2/c1-7-15(8-2)23(9-10-26-6)20(25)14(5)27-11-16-21-18(24)17-12(3)13(4)28-19(17)22-16/h14-15H,7-11H2,1-6H3,(H,21,22,24). The van der Waals surface area contributed by atoms with Crippen molar-refractivity contribution in [2.45, 2.75) is 64.5 Å². The molecule has 2 heterocycles. The van der Waals surface area contributed by atoms with Crippen molar-refractivity contribution >= 4 is 39.2 Å². The van der Waals surface area contributed by atoms with Crippen LogP contribution in [-0.4, -0.2) is 52.3 Å². The van der Waals surface area contributed by atoms with E-state index < -0.39 is 0 Å². The third kappa shape index (κ3) is 5.15. The van der Waals surface area contributed by atoms with Gasteiger partial charge in [-0.15, -0.1) is 23.1 Å². The summed E-state index contributed by atoms with van der Waals surface area (Å²) in [5.74, 6) is 1.23. The van der Waals surface area contributed by atoms with Gasteiger partial charge < -0.3 is 14.6 Å². The van der Waals surface area contributed by atoms with E-state index in [-0.39, 0.29) is 22.8 Å². The molecular formula is C20H31N3O3S2. The van der Waals surface area contributed by atoms with Gasteiger partial charge in [-0.1, -0.05) is 13.8 Å². The van der Waals surface area contributed by atoms with Crippen LogP contribution >= 0.6 is 23.1 Å². The number of fused-ring (bicyclic) bond motifs is 1. The number of hydrogen-bond acceptors (Lipinski definition) is 6. The number of methoxy groups -OCH3 is 1. The lowest BCUT2D eigenvalue weighted by Gasteiger charge is -2.32. The Bertz CT molecular complexity index is 858. The van der Waals surface area contributed by atoms with Gasteiger partial charge in [0.15, 0.2) is 0 Å². The van der Waals surface area contributed by atoms with Gasteiger partial charge in [-0.25, -0.2) is 4.98 Å². The molecule has 0 fully saturated rings. The molecule has 0 aromatic carbocycles. The Labute approximate surface area is 175 Å². The molecular weight excluding hydrogens is 394 g/mol. The monoisotopic (exact) mass is 425 g/mol. The lowest BCUT2D eigenvalue weighted by atomic mass is 10.1.